The molecule has 1 aromatic rings. The van der Waals surface area contributed by atoms with Crippen LogP contribution in [0.1, 0.15) is 40.0 Å². The van der Waals surface area contributed by atoms with E-state index in [1.807, 2.05) is 12.1 Å². The molecule has 0 amide bonds. The van der Waals surface area contributed by atoms with E-state index < -0.39 is 0 Å². The van der Waals surface area contributed by atoms with Crippen molar-refractivity contribution in [2.24, 2.45) is 10.8 Å². The maximum atomic E-state index is 6.08. The minimum Gasteiger partial charge on any atom is -0.345 e. The number of likely N-dealkylation sites (tertiary alicyclic amines) is 1. The quantitative estimate of drug-likeness (QED) is 0.660. The zero-order valence-corrected chi connectivity index (χ0v) is 15.6. The Morgan fingerprint density at radius 2 is 1.95 bits per heavy atom. The topological polar surface area (TPSA) is 15.3 Å². The Morgan fingerprint density at radius 1 is 1.23 bits per heavy atom. The fourth-order valence-corrected chi connectivity index (χ4v) is 5.10. The second-order valence-electron chi connectivity index (χ2n) is 7.90. The van der Waals surface area contributed by atoms with Crippen LogP contribution in [0.4, 0.5) is 5.69 Å². The van der Waals surface area contributed by atoms with Crippen molar-refractivity contribution in [3.63, 3.8) is 0 Å². The summed E-state index contributed by atoms with van der Waals surface area (Å²) in [6.07, 6.45) is 3.70. The Kier molecular flexibility index (Phi) is 4.12. The molecule has 5 heteroatoms. The minimum atomic E-state index is 0.371. The summed E-state index contributed by atoms with van der Waals surface area (Å²) in [5.41, 5.74) is 1.66. The van der Waals surface area contributed by atoms with E-state index in [1.165, 1.54) is 19.3 Å². The molecule has 120 valence electrons. The summed E-state index contributed by atoms with van der Waals surface area (Å²) < 4.78 is 0. The molecule has 2 aliphatic rings. The van der Waals surface area contributed by atoms with Crippen molar-refractivity contribution >= 4 is 46.2 Å². The normalized spacial score (nSPS) is 29.5. The van der Waals surface area contributed by atoms with E-state index >= 15 is 0 Å². The molecule has 2 fully saturated rings. The number of halogens is 2. The Morgan fingerprint density at radius 3 is 2.64 bits per heavy atom. The van der Waals surface area contributed by atoms with Crippen molar-refractivity contribution in [3.8, 4) is 0 Å². The molecule has 2 nitrogen and oxygen atoms in total. The molecule has 1 N–H and O–H groups in total. The van der Waals surface area contributed by atoms with Crippen LogP contribution in [0.3, 0.4) is 0 Å². The van der Waals surface area contributed by atoms with Crippen molar-refractivity contribution in [2.75, 3.05) is 11.9 Å². The van der Waals surface area contributed by atoms with Gasteiger partial charge in [0.15, 0.2) is 5.11 Å². The van der Waals surface area contributed by atoms with Crippen LogP contribution in [0, 0.1) is 10.8 Å². The summed E-state index contributed by atoms with van der Waals surface area (Å²) >= 11 is 17.7. The summed E-state index contributed by atoms with van der Waals surface area (Å²) in [5, 5.41) is 5.22. The molecule has 1 saturated heterocycles. The van der Waals surface area contributed by atoms with E-state index in [0.717, 1.165) is 17.3 Å². The maximum Gasteiger partial charge on any atom is 0.173 e. The van der Waals surface area contributed by atoms with Crippen LogP contribution in [0.5, 0.6) is 0 Å². The van der Waals surface area contributed by atoms with Gasteiger partial charge in [-0.1, -0.05) is 44.0 Å². The molecule has 1 heterocycles. The maximum absolute atomic E-state index is 6.08. The molecule has 1 aromatic carbocycles. The molecular weight excluding hydrogens is 335 g/mol. The van der Waals surface area contributed by atoms with E-state index in [0.29, 0.717) is 26.9 Å². The van der Waals surface area contributed by atoms with Gasteiger partial charge in [0.1, 0.15) is 0 Å². The second kappa shape index (κ2) is 5.54. The summed E-state index contributed by atoms with van der Waals surface area (Å²) in [4.78, 5) is 2.37. The number of hydrogen-bond donors (Lipinski definition) is 1. The lowest BCUT2D eigenvalue weighted by molar-refractivity contribution is 0.132. The van der Waals surface area contributed by atoms with Gasteiger partial charge in [-0.05, 0) is 60.5 Å². The first kappa shape index (κ1) is 16.4. The van der Waals surface area contributed by atoms with Crippen LogP contribution < -0.4 is 5.32 Å². The van der Waals surface area contributed by atoms with Crippen LogP contribution in [0.25, 0.3) is 0 Å². The van der Waals surface area contributed by atoms with E-state index in [9.17, 15) is 0 Å². The Hall–Kier alpha value is -0.510. The number of rotatable bonds is 1. The van der Waals surface area contributed by atoms with Crippen LogP contribution in [-0.2, 0) is 0 Å². The van der Waals surface area contributed by atoms with Gasteiger partial charge < -0.3 is 10.2 Å². The molecule has 0 radical (unpaired) electrons. The first-order valence-electron chi connectivity index (χ1n) is 7.70. The number of fused-ring (bicyclic) bond motifs is 2. The number of nitrogens with one attached hydrogen (secondary N) is 1. The molecule has 0 spiro atoms. The highest BCUT2D eigenvalue weighted by molar-refractivity contribution is 7.80. The lowest BCUT2D eigenvalue weighted by Gasteiger charge is -2.39. The standard InChI is InChI=1S/C17H22Cl2N2S/c1-16(2)7-12-8-17(3,9-16)10-21(12)15(22)20-11-4-5-13(18)14(19)6-11/h4-6,12H,7-10H2,1-3H3,(H,20,22)/t12-,17-/m1/s1. The van der Waals surface area contributed by atoms with Crippen molar-refractivity contribution in [2.45, 2.75) is 46.1 Å². The van der Waals surface area contributed by atoms with E-state index in [2.05, 4.69) is 31.0 Å². The monoisotopic (exact) mass is 356 g/mol. The smallest absolute Gasteiger partial charge is 0.173 e. The van der Waals surface area contributed by atoms with Gasteiger partial charge >= 0.3 is 0 Å². The number of hydrogen-bond acceptors (Lipinski definition) is 1. The molecule has 1 saturated carbocycles. The first-order valence-corrected chi connectivity index (χ1v) is 8.87. The molecule has 0 aromatic heterocycles. The third-order valence-corrected chi connectivity index (χ3v) is 5.92. The summed E-state index contributed by atoms with van der Waals surface area (Å²) in [7, 11) is 0. The first-order chi connectivity index (χ1) is 10.2. The van der Waals surface area contributed by atoms with Gasteiger partial charge in [-0.25, -0.2) is 0 Å². The summed E-state index contributed by atoms with van der Waals surface area (Å²) in [5.74, 6) is 0. The molecule has 22 heavy (non-hydrogen) atoms. The van der Waals surface area contributed by atoms with Crippen molar-refractivity contribution < 1.29 is 0 Å². The van der Waals surface area contributed by atoms with Crippen LogP contribution >= 0.6 is 35.4 Å². The number of anilines is 1. The van der Waals surface area contributed by atoms with Gasteiger partial charge in [-0.15, -0.1) is 0 Å². The average Bonchev–Trinajstić information content (AvgIpc) is 2.63. The van der Waals surface area contributed by atoms with Gasteiger partial charge in [-0.3, -0.25) is 0 Å². The Balaban J connectivity index is 1.74. The van der Waals surface area contributed by atoms with Crippen molar-refractivity contribution in [1.29, 1.82) is 0 Å². The number of thiocarbonyl (C=S) groups is 1. The van der Waals surface area contributed by atoms with Gasteiger partial charge in [0.25, 0.3) is 0 Å². The SMILES string of the molecule is CC1(C)C[C@@H]2C[C@@](C)(CN2C(=S)Nc2ccc(Cl)c(Cl)c2)C1. The van der Waals surface area contributed by atoms with Crippen molar-refractivity contribution in [1.82, 2.24) is 4.90 Å². The summed E-state index contributed by atoms with van der Waals surface area (Å²) in [6.45, 7) is 8.17. The molecular formula is C17H22Cl2N2S. The molecule has 2 bridgehead atoms. The van der Waals surface area contributed by atoms with Crippen LogP contribution in [-0.4, -0.2) is 22.6 Å². The number of benzene rings is 1. The largest absolute Gasteiger partial charge is 0.345 e. The second-order valence-corrected chi connectivity index (χ2v) is 9.10. The fraction of sp³-hybridized carbons (Fsp3) is 0.588. The molecule has 3 rings (SSSR count). The third kappa shape index (κ3) is 3.22. The predicted molar refractivity (Wildman–Crippen MR) is 98.9 cm³/mol. The molecule has 2 atom stereocenters. The van der Waals surface area contributed by atoms with E-state index in [4.69, 9.17) is 35.4 Å². The van der Waals surface area contributed by atoms with Crippen molar-refractivity contribution in [3.05, 3.63) is 28.2 Å². The third-order valence-electron chi connectivity index (χ3n) is 4.85. The fourth-order valence-electron chi connectivity index (χ4n) is 4.47. The summed E-state index contributed by atoms with van der Waals surface area (Å²) in [6, 6.07) is 6.07. The van der Waals surface area contributed by atoms with Gasteiger partial charge in [0, 0.05) is 18.3 Å². The minimum absolute atomic E-state index is 0.371. The van der Waals surface area contributed by atoms with E-state index in [-0.39, 0.29) is 0 Å². The van der Waals surface area contributed by atoms with Gasteiger partial charge in [-0.2, -0.15) is 0 Å². The van der Waals surface area contributed by atoms with Gasteiger partial charge in [0.05, 0.1) is 10.0 Å². The average molecular weight is 357 g/mol. The zero-order valence-electron chi connectivity index (χ0n) is 13.2. The highest BCUT2D eigenvalue weighted by Gasteiger charge is 2.50. The van der Waals surface area contributed by atoms with E-state index in [1.54, 1.807) is 6.07 Å². The molecule has 1 aliphatic heterocycles. The molecule has 0 unspecified atom stereocenters. The lowest BCUT2D eigenvalue weighted by atomic mass is 9.65. The highest BCUT2D eigenvalue weighted by atomic mass is 35.5. The Labute approximate surface area is 148 Å². The number of nitrogens with zero attached hydrogens (tertiary/aromatic N) is 1. The van der Waals surface area contributed by atoms with Crippen LogP contribution in [0.15, 0.2) is 18.2 Å². The van der Waals surface area contributed by atoms with Crippen LogP contribution in [0.2, 0.25) is 10.0 Å². The Bertz CT molecular complexity index is 617. The lowest BCUT2D eigenvalue weighted by Crippen LogP contribution is -2.39. The zero-order chi connectivity index (χ0) is 16.1. The highest BCUT2D eigenvalue weighted by Crippen LogP contribution is 2.52. The molecule has 1 aliphatic carbocycles. The predicted octanol–water partition coefficient (Wildman–Crippen LogP) is 5.59. The van der Waals surface area contributed by atoms with Gasteiger partial charge in [0.2, 0.25) is 0 Å².